The summed E-state index contributed by atoms with van der Waals surface area (Å²) in [5.41, 5.74) is 5.32. The van der Waals surface area contributed by atoms with Gasteiger partial charge in [0, 0.05) is 12.8 Å². The number of carbonyl (C=O) groups excluding carboxylic acids is 2. The van der Waals surface area contributed by atoms with Crippen molar-refractivity contribution in [2.45, 2.75) is 167 Å². The third-order valence-electron chi connectivity index (χ3n) is 8.43. The second-order valence-electron chi connectivity index (χ2n) is 13.8. The van der Waals surface area contributed by atoms with Gasteiger partial charge >= 0.3 is 25.7 Å². The first-order chi connectivity index (χ1) is 27.1. The number of aliphatic carboxylic acids is 1. The van der Waals surface area contributed by atoms with E-state index in [9.17, 15) is 23.8 Å². The number of hydrogen-bond acceptors (Lipinski definition) is 9. The van der Waals surface area contributed by atoms with Crippen LogP contribution in [0, 0.1) is 0 Å². The van der Waals surface area contributed by atoms with Crippen LogP contribution in [0.15, 0.2) is 72.9 Å². The maximum atomic E-state index is 12.6. The predicted octanol–water partition coefficient (Wildman–Crippen LogP) is 10.9. The highest BCUT2D eigenvalue weighted by molar-refractivity contribution is 7.47. The van der Waals surface area contributed by atoms with Crippen LogP contribution in [0.3, 0.4) is 0 Å². The molecule has 0 aromatic carbocycles. The minimum absolute atomic E-state index is 0.0786. The number of carboxylic acid groups (broad SMARTS) is 1. The first kappa shape index (κ1) is 52.9. The fraction of sp³-hybridized carbons (Fsp3) is 0.659. The summed E-state index contributed by atoms with van der Waals surface area (Å²) in [6, 6.07) is -1.53. The minimum atomic E-state index is -4.74. The summed E-state index contributed by atoms with van der Waals surface area (Å²) >= 11 is 0. The van der Waals surface area contributed by atoms with Crippen LogP contribution in [0.5, 0.6) is 0 Å². The number of ether oxygens (including phenoxy) is 2. The largest absolute Gasteiger partial charge is 0.480 e. The van der Waals surface area contributed by atoms with E-state index in [-0.39, 0.29) is 19.4 Å². The Bertz CT molecular complexity index is 1230. The van der Waals surface area contributed by atoms with E-state index in [4.69, 9.17) is 24.8 Å². The molecule has 0 radical (unpaired) electrons. The molecular weight excluding hydrogens is 733 g/mol. The Morgan fingerprint density at radius 3 is 1.46 bits per heavy atom. The van der Waals surface area contributed by atoms with Crippen LogP contribution in [-0.4, -0.2) is 59.9 Å². The maximum Gasteiger partial charge on any atom is 0.472 e. The zero-order valence-electron chi connectivity index (χ0n) is 34.4. The van der Waals surface area contributed by atoms with Crippen LogP contribution in [0.4, 0.5) is 0 Å². The lowest BCUT2D eigenvalue weighted by atomic mass is 10.1. The van der Waals surface area contributed by atoms with Gasteiger partial charge in [-0.1, -0.05) is 132 Å². The van der Waals surface area contributed by atoms with E-state index in [1.807, 2.05) is 12.2 Å². The first-order valence-electron chi connectivity index (χ1n) is 21.0. The van der Waals surface area contributed by atoms with Crippen LogP contribution >= 0.6 is 7.82 Å². The smallest absolute Gasteiger partial charge is 0.472 e. The van der Waals surface area contributed by atoms with Gasteiger partial charge in [-0.15, -0.1) is 0 Å². The Kier molecular flexibility index (Phi) is 36.6. The lowest BCUT2D eigenvalue weighted by Crippen LogP contribution is -2.34. The van der Waals surface area contributed by atoms with Crippen LogP contribution < -0.4 is 5.73 Å². The lowest BCUT2D eigenvalue weighted by molar-refractivity contribution is -0.161. The number of phosphoric acid groups is 1. The summed E-state index contributed by atoms with van der Waals surface area (Å²) in [6.07, 6.45) is 45.4. The normalized spacial score (nSPS) is 14.5. The molecule has 0 bridgehead atoms. The number of esters is 2. The average molecular weight is 808 g/mol. The number of nitrogens with two attached hydrogens (primary N) is 1. The molecule has 1 unspecified atom stereocenters. The number of allylic oxidation sites excluding steroid dienone is 12. The molecule has 56 heavy (non-hydrogen) atoms. The van der Waals surface area contributed by atoms with Gasteiger partial charge in [0.1, 0.15) is 12.6 Å². The van der Waals surface area contributed by atoms with Crippen LogP contribution in [0.25, 0.3) is 0 Å². The summed E-state index contributed by atoms with van der Waals surface area (Å²) in [5.74, 6) is -2.48. The van der Waals surface area contributed by atoms with Gasteiger partial charge in [-0.05, 0) is 83.5 Å². The third kappa shape index (κ3) is 37.8. The van der Waals surface area contributed by atoms with E-state index in [1.54, 1.807) is 0 Å². The molecule has 0 saturated heterocycles. The molecule has 0 heterocycles. The van der Waals surface area contributed by atoms with Crippen molar-refractivity contribution in [1.29, 1.82) is 0 Å². The molecule has 3 atom stereocenters. The van der Waals surface area contributed by atoms with E-state index in [2.05, 4.69) is 79.1 Å². The molecule has 4 N–H and O–H groups in total. The second kappa shape index (κ2) is 38.8. The van der Waals surface area contributed by atoms with E-state index in [0.29, 0.717) is 19.3 Å². The Morgan fingerprint density at radius 1 is 0.554 bits per heavy atom. The summed E-state index contributed by atoms with van der Waals surface area (Å²) in [6.45, 7) is 2.66. The topological polar surface area (TPSA) is 172 Å². The minimum Gasteiger partial charge on any atom is -0.480 e. The summed E-state index contributed by atoms with van der Waals surface area (Å²) < 4.78 is 32.6. The molecule has 0 aromatic heterocycles. The molecule has 0 fully saturated rings. The molecule has 0 aliphatic rings. The molecule has 12 heteroatoms. The molecule has 0 aliphatic heterocycles. The highest BCUT2D eigenvalue weighted by Gasteiger charge is 2.28. The highest BCUT2D eigenvalue weighted by Crippen LogP contribution is 2.43. The van der Waals surface area contributed by atoms with Crippen LogP contribution in [0.1, 0.15) is 155 Å². The van der Waals surface area contributed by atoms with Gasteiger partial charge in [-0.2, -0.15) is 0 Å². The molecule has 0 amide bonds. The van der Waals surface area contributed by atoms with Gasteiger partial charge in [0.25, 0.3) is 0 Å². The third-order valence-corrected chi connectivity index (χ3v) is 9.38. The lowest BCUT2D eigenvalue weighted by Gasteiger charge is -2.20. The number of unbranched alkanes of at least 4 members (excludes halogenated alkanes) is 12. The average Bonchev–Trinajstić information content (AvgIpc) is 3.17. The van der Waals surface area contributed by atoms with Crippen LogP contribution in [-0.2, 0) is 37.5 Å². The number of carboxylic acids is 1. The Labute approximate surface area is 338 Å². The van der Waals surface area contributed by atoms with E-state index in [1.165, 1.54) is 38.5 Å². The van der Waals surface area contributed by atoms with Crippen molar-refractivity contribution in [2.24, 2.45) is 5.73 Å². The van der Waals surface area contributed by atoms with Crippen molar-refractivity contribution in [2.75, 3.05) is 19.8 Å². The molecule has 0 rings (SSSR count). The number of hydrogen-bond donors (Lipinski definition) is 3. The zero-order chi connectivity index (χ0) is 41.4. The standard InChI is InChI=1S/C44H74NO10P/c1-3-5-7-9-11-13-15-17-19-20-22-24-26-28-30-32-34-36-43(47)55-40(38-53-56(50,51)54-39-41(45)44(48)49)37-52-42(46)35-33-31-29-27-25-23-21-18-16-14-12-10-8-6-4-2/h11-14,17-19,21-22,24,28,30,40-41H,3-10,15-16,20,23,25-27,29,31-39,45H2,1-2H3,(H,48,49)(H,50,51)/t40-,41+/m1/s1. The fourth-order valence-corrected chi connectivity index (χ4v) is 5.86. The Hall–Kier alpha value is -3.08. The highest BCUT2D eigenvalue weighted by atomic mass is 31.2. The van der Waals surface area contributed by atoms with Crippen molar-refractivity contribution in [3.63, 3.8) is 0 Å². The summed E-state index contributed by atoms with van der Waals surface area (Å²) in [4.78, 5) is 45.9. The van der Waals surface area contributed by atoms with Gasteiger partial charge in [-0.25, -0.2) is 4.57 Å². The van der Waals surface area contributed by atoms with Gasteiger partial charge < -0.3 is 25.2 Å². The van der Waals surface area contributed by atoms with E-state index < -0.39 is 51.1 Å². The van der Waals surface area contributed by atoms with Gasteiger partial charge in [0.15, 0.2) is 6.10 Å². The van der Waals surface area contributed by atoms with Gasteiger partial charge in [-0.3, -0.25) is 23.4 Å². The van der Waals surface area contributed by atoms with Crippen molar-refractivity contribution in [3.8, 4) is 0 Å². The van der Waals surface area contributed by atoms with E-state index in [0.717, 1.165) is 70.6 Å². The Balaban J connectivity index is 4.53. The molecular formula is C44H74NO10P. The maximum absolute atomic E-state index is 12.6. The van der Waals surface area contributed by atoms with Gasteiger partial charge in [0.05, 0.1) is 13.2 Å². The predicted molar refractivity (Wildman–Crippen MR) is 226 cm³/mol. The quantitative estimate of drug-likeness (QED) is 0.0235. The molecule has 0 aliphatic carbocycles. The fourth-order valence-electron chi connectivity index (χ4n) is 5.09. The Morgan fingerprint density at radius 2 is 0.964 bits per heavy atom. The van der Waals surface area contributed by atoms with E-state index >= 15 is 0 Å². The monoisotopic (exact) mass is 808 g/mol. The van der Waals surface area contributed by atoms with Crippen molar-refractivity contribution in [3.05, 3.63) is 72.9 Å². The number of carbonyl (C=O) groups is 3. The van der Waals surface area contributed by atoms with Crippen molar-refractivity contribution >= 4 is 25.7 Å². The summed E-state index contributed by atoms with van der Waals surface area (Å²) in [7, 11) is -4.74. The molecule has 320 valence electrons. The van der Waals surface area contributed by atoms with Crippen molar-refractivity contribution < 1.29 is 47.5 Å². The number of phosphoric ester groups is 1. The number of rotatable bonds is 38. The molecule has 0 spiro atoms. The summed E-state index contributed by atoms with van der Waals surface area (Å²) in [5, 5.41) is 8.88. The molecule has 0 aromatic rings. The van der Waals surface area contributed by atoms with Gasteiger partial charge in [0.2, 0.25) is 0 Å². The first-order valence-corrected chi connectivity index (χ1v) is 22.5. The zero-order valence-corrected chi connectivity index (χ0v) is 35.3. The molecule has 0 saturated carbocycles. The second-order valence-corrected chi connectivity index (χ2v) is 15.2. The molecule has 11 nitrogen and oxygen atoms in total. The SMILES string of the molecule is CCCCCC=CCC=CCC=CCC=CCCCC(=O)O[C@H](COC(=O)CCCCCCCC=CCC=CCCCCC)COP(=O)(O)OC[C@H](N)C(=O)O. The van der Waals surface area contributed by atoms with Crippen LogP contribution in [0.2, 0.25) is 0 Å². The van der Waals surface area contributed by atoms with Crippen molar-refractivity contribution in [1.82, 2.24) is 0 Å².